The molecule has 0 saturated heterocycles. The Hall–Kier alpha value is -4.43. The standard InChI is InChI=1S/C25H17ClN4O4/c26-17-8-6-16(7-9-17)24-20(12-15-4-2-1-3-5-15)28-29-21(14-23(32)27-25(24)29)19-11-10-18(30(33)34)13-22(19)31/h1-11,13-14,31H,12H2,(H,27,32). The number of aromatic amines is 1. The number of phenols is 1. The summed E-state index contributed by atoms with van der Waals surface area (Å²) in [4.78, 5) is 26.0. The predicted molar refractivity (Wildman–Crippen MR) is 129 cm³/mol. The molecule has 0 amide bonds. The second kappa shape index (κ2) is 8.49. The monoisotopic (exact) mass is 472 g/mol. The zero-order valence-corrected chi connectivity index (χ0v) is 18.4. The number of nitrogens with one attached hydrogen (secondary N) is 1. The number of hydrogen-bond acceptors (Lipinski definition) is 5. The van der Waals surface area contributed by atoms with Crippen LogP contribution in [0.15, 0.2) is 83.7 Å². The molecular formula is C25H17ClN4O4. The molecule has 9 heteroatoms. The number of fused-ring (bicyclic) bond motifs is 1. The molecule has 0 unspecified atom stereocenters. The first kappa shape index (κ1) is 21.4. The van der Waals surface area contributed by atoms with Gasteiger partial charge in [-0.15, -0.1) is 0 Å². The average molecular weight is 473 g/mol. The van der Waals surface area contributed by atoms with Gasteiger partial charge in [0.2, 0.25) is 0 Å². The summed E-state index contributed by atoms with van der Waals surface area (Å²) in [5.41, 5.74) is 3.61. The largest absolute Gasteiger partial charge is 0.507 e. The number of aromatic hydroxyl groups is 1. The van der Waals surface area contributed by atoms with Gasteiger partial charge in [0.1, 0.15) is 11.4 Å². The molecule has 2 N–H and O–H groups in total. The van der Waals surface area contributed by atoms with Crippen LogP contribution in [0, 0.1) is 10.1 Å². The maximum atomic E-state index is 12.7. The molecule has 0 atom stereocenters. The Morgan fingerprint density at radius 2 is 1.76 bits per heavy atom. The minimum atomic E-state index is -0.596. The van der Waals surface area contributed by atoms with Crippen LogP contribution in [0.2, 0.25) is 5.02 Å². The van der Waals surface area contributed by atoms with E-state index in [-0.39, 0.29) is 17.0 Å². The molecule has 0 radical (unpaired) electrons. The Morgan fingerprint density at radius 3 is 2.44 bits per heavy atom. The molecule has 2 heterocycles. The topological polar surface area (TPSA) is 114 Å². The molecule has 0 aliphatic rings. The van der Waals surface area contributed by atoms with Crippen molar-refractivity contribution in [1.29, 1.82) is 0 Å². The van der Waals surface area contributed by atoms with Crippen LogP contribution in [0.4, 0.5) is 5.69 Å². The Morgan fingerprint density at radius 1 is 1.03 bits per heavy atom. The summed E-state index contributed by atoms with van der Waals surface area (Å²) in [6, 6.07) is 22.0. The third-order valence-electron chi connectivity index (χ3n) is 5.51. The zero-order chi connectivity index (χ0) is 23.8. The lowest BCUT2D eigenvalue weighted by atomic mass is 10.0. The fraction of sp³-hybridized carbons (Fsp3) is 0.0400. The molecule has 0 fully saturated rings. The first-order chi connectivity index (χ1) is 16.4. The molecule has 34 heavy (non-hydrogen) atoms. The number of nitrogens with zero attached hydrogens (tertiary/aromatic N) is 3. The summed E-state index contributed by atoms with van der Waals surface area (Å²) in [5, 5.41) is 27.0. The van der Waals surface area contributed by atoms with E-state index in [0.29, 0.717) is 28.5 Å². The van der Waals surface area contributed by atoms with Crippen LogP contribution in [0.5, 0.6) is 5.75 Å². The third kappa shape index (κ3) is 3.91. The minimum Gasteiger partial charge on any atom is -0.507 e. The molecule has 3 aromatic carbocycles. The van der Waals surface area contributed by atoms with Crippen molar-refractivity contribution in [3.63, 3.8) is 0 Å². The van der Waals surface area contributed by atoms with Crippen molar-refractivity contribution in [2.45, 2.75) is 6.42 Å². The van der Waals surface area contributed by atoms with Gasteiger partial charge in [-0.05, 0) is 29.3 Å². The highest BCUT2D eigenvalue weighted by molar-refractivity contribution is 6.30. The number of non-ortho nitro benzene ring substituents is 1. The highest BCUT2D eigenvalue weighted by Crippen LogP contribution is 2.35. The van der Waals surface area contributed by atoms with Gasteiger partial charge >= 0.3 is 0 Å². The van der Waals surface area contributed by atoms with Crippen molar-refractivity contribution in [3.05, 3.63) is 116 Å². The van der Waals surface area contributed by atoms with Crippen LogP contribution in [0.3, 0.4) is 0 Å². The summed E-state index contributed by atoms with van der Waals surface area (Å²) < 4.78 is 1.55. The molecule has 0 saturated carbocycles. The van der Waals surface area contributed by atoms with Crippen molar-refractivity contribution in [2.24, 2.45) is 0 Å². The summed E-state index contributed by atoms with van der Waals surface area (Å²) in [6.07, 6.45) is 0.494. The van der Waals surface area contributed by atoms with Gasteiger partial charge in [0.15, 0.2) is 0 Å². The molecule has 0 bridgehead atoms. The molecule has 0 aliphatic heterocycles. The van der Waals surface area contributed by atoms with Crippen molar-refractivity contribution >= 4 is 22.9 Å². The van der Waals surface area contributed by atoms with Crippen LogP contribution in [0.25, 0.3) is 28.0 Å². The highest BCUT2D eigenvalue weighted by atomic mass is 35.5. The second-order valence-electron chi connectivity index (χ2n) is 7.73. The van der Waals surface area contributed by atoms with Crippen molar-refractivity contribution in [1.82, 2.24) is 14.6 Å². The van der Waals surface area contributed by atoms with Crippen LogP contribution in [-0.2, 0) is 6.42 Å². The number of H-pyrrole nitrogens is 1. The maximum Gasteiger partial charge on any atom is 0.273 e. The normalized spacial score (nSPS) is 11.1. The van der Waals surface area contributed by atoms with Crippen LogP contribution >= 0.6 is 11.6 Å². The van der Waals surface area contributed by atoms with E-state index in [2.05, 4.69) is 4.98 Å². The van der Waals surface area contributed by atoms with E-state index in [4.69, 9.17) is 16.7 Å². The number of hydrogen-bond donors (Lipinski definition) is 2. The predicted octanol–water partition coefficient (Wildman–Crippen LogP) is 5.21. The number of halogens is 1. The number of aromatic nitrogens is 3. The summed E-state index contributed by atoms with van der Waals surface area (Å²) in [5.74, 6) is -0.325. The smallest absolute Gasteiger partial charge is 0.273 e. The molecule has 2 aromatic heterocycles. The second-order valence-corrected chi connectivity index (χ2v) is 8.17. The van der Waals surface area contributed by atoms with Gasteiger partial charge in [0.25, 0.3) is 11.2 Å². The summed E-state index contributed by atoms with van der Waals surface area (Å²) >= 11 is 6.09. The van der Waals surface area contributed by atoms with E-state index in [0.717, 1.165) is 22.8 Å². The number of phenolic OH excluding ortho intramolecular Hbond substituents is 1. The Bertz CT molecular complexity index is 1590. The van der Waals surface area contributed by atoms with Crippen LogP contribution < -0.4 is 5.56 Å². The Kier molecular flexibility index (Phi) is 5.35. The molecule has 168 valence electrons. The van der Waals surface area contributed by atoms with Gasteiger partial charge in [0.05, 0.1) is 22.4 Å². The van der Waals surface area contributed by atoms with Crippen LogP contribution in [0.1, 0.15) is 11.3 Å². The van der Waals surface area contributed by atoms with Gasteiger partial charge < -0.3 is 10.1 Å². The quantitative estimate of drug-likeness (QED) is 0.269. The fourth-order valence-corrected chi connectivity index (χ4v) is 4.09. The van der Waals surface area contributed by atoms with Crippen molar-refractivity contribution in [3.8, 4) is 28.1 Å². The molecule has 5 aromatic rings. The lowest BCUT2D eigenvalue weighted by Gasteiger charge is -2.07. The van der Waals surface area contributed by atoms with E-state index >= 15 is 0 Å². The fourth-order valence-electron chi connectivity index (χ4n) is 3.97. The number of nitro benzene ring substituents is 1. The van der Waals surface area contributed by atoms with E-state index < -0.39 is 10.5 Å². The Balaban J connectivity index is 1.78. The lowest BCUT2D eigenvalue weighted by molar-refractivity contribution is -0.384. The summed E-state index contributed by atoms with van der Waals surface area (Å²) in [7, 11) is 0. The number of benzene rings is 3. The number of nitro groups is 1. The molecule has 5 rings (SSSR count). The third-order valence-corrected chi connectivity index (χ3v) is 5.76. The van der Waals surface area contributed by atoms with Gasteiger partial charge in [0, 0.05) is 34.7 Å². The van der Waals surface area contributed by atoms with Crippen molar-refractivity contribution < 1.29 is 10.0 Å². The van der Waals surface area contributed by atoms with E-state index in [1.165, 1.54) is 18.2 Å². The van der Waals surface area contributed by atoms with E-state index in [9.17, 15) is 20.0 Å². The highest BCUT2D eigenvalue weighted by Gasteiger charge is 2.21. The van der Waals surface area contributed by atoms with E-state index in [1.807, 2.05) is 42.5 Å². The maximum absolute atomic E-state index is 12.7. The SMILES string of the molecule is O=c1cc(-c2ccc([N+](=O)[O-])cc2O)n2nc(Cc3ccccc3)c(-c3ccc(Cl)cc3)c2[nH]1. The molecular weight excluding hydrogens is 456 g/mol. The van der Waals surface area contributed by atoms with Gasteiger partial charge in [-0.2, -0.15) is 5.10 Å². The number of rotatable bonds is 5. The first-order valence-corrected chi connectivity index (χ1v) is 10.7. The molecule has 0 spiro atoms. The van der Waals surface area contributed by atoms with Gasteiger partial charge in [-0.3, -0.25) is 14.9 Å². The molecule has 0 aliphatic carbocycles. The van der Waals surface area contributed by atoms with Crippen molar-refractivity contribution in [2.75, 3.05) is 0 Å². The van der Waals surface area contributed by atoms with Gasteiger partial charge in [-0.1, -0.05) is 54.1 Å². The first-order valence-electron chi connectivity index (χ1n) is 10.3. The lowest BCUT2D eigenvalue weighted by Crippen LogP contribution is -2.10. The van der Waals surface area contributed by atoms with E-state index in [1.54, 1.807) is 16.6 Å². The summed E-state index contributed by atoms with van der Waals surface area (Å²) in [6.45, 7) is 0. The Labute approximate surface area is 197 Å². The zero-order valence-electron chi connectivity index (χ0n) is 17.6. The average Bonchev–Trinajstić information content (AvgIpc) is 3.17. The minimum absolute atomic E-state index is 0.248. The molecule has 8 nitrogen and oxygen atoms in total. The van der Waals surface area contributed by atoms with Gasteiger partial charge in [-0.25, -0.2) is 4.52 Å². The van der Waals surface area contributed by atoms with Crippen LogP contribution in [-0.4, -0.2) is 24.6 Å².